The molecule has 1 aromatic carbocycles. The molecule has 0 aliphatic rings. The molecule has 0 saturated heterocycles. The van der Waals surface area contributed by atoms with Crippen molar-refractivity contribution in [3.05, 3.63) is 29.6 Å². The quantitative estimate of drug-likeness (QED) is 0.638. The minimum atomic E-state index is -0.389. The Hall–Kier alpha value is -2.06. The fourth-order valence-electron chi connectivity index (χ4n) is 1.87. The van der Waals surface area contributed by atoms with Crippen molar-refractivity contribution in [3.63, 3.8) is 0 Å². The van der Waals surface area contributed by atoms with E-state index in [0.717, 1.165) is 0 Å². The van der Waals surface area contributed by atoms with E-state index in [-0.39, 0.29) is 17.9 Å². The fraction of sp³-hybridized carbons (Fsp3) is 0.308. The highest BCUT2D eigenvalue weighted by atomic mass is 35.5. The summed E-state index contributed by atoms with van der Waals surface area (Å²) in [5, 5.41) is 8.59. The maximum absolute atomic E-state index is 11.5. The van der Waals surface area contributed by atoms with Crippen molar-refractivity contribution in [2.24, 2.45) is 0 Å². The molecule has 0 bridgehead atoms. The van der Waals surface area contributed by atoms with Crippen molar-refractivity contribution in [2.45, 2.75) is 18.8 Å². The number of ether oxygens (including phenoxy) is 1. The second-order valence-corrected chi connectivity index (χ2v) is 4.72. The van der Waals surface area contributed by atoms with E-state index in [9.17, 15) is 4.79 Å². The van der Waals surface area contributed by atoms with Crippen LogP contribution in [0.25, 0.3) is 11.0 Å². The molecule has 19 heavy (non-hydrogen) atoms. The van der Waals surface area contributed by atoms with Crippen LogP contribution in [0, 0.1) is 11.3 Å². The van der Waals surface area contributed by atoms with Crippen LogP contribution < -0.4 is 0 Å². The van der Waals surface area contributed by atoms with Gasteiger partial charge >= 0.3 is 5.97 Å². The summed E-state index contributed by atoms with van der Waals surface area (Å²) in [4.78, 5) is 15.9. The Morgan fingerprint density at radius 3 is 2.95 bits per heavy atom. The average molecular weight is 278 g/mol. The van der Waals surface area contributed by atoms with Gasteiger partial charge in [-0.05, 0) is 25.1 Å². The van der Waals surface area contributed by atoms with Crippen LogP contribution in [0.4, 0.5) is 0 Å². The van der Waals surface area contributed by atoms with E-state index < -0.39 is 0 Å². The molecule has 0 aliphatic heterocycles. The number of hydrogen-bond donors (Lipinski definition) is 0. The van der Waals surface area contributed by atoms with Crippen molar-refractivity contribution in [3.8, 4) is 6.07 Å². The maximum Gasteiger partial charge on any atom is 0.325 e. The lowest BCUT2D eigenvalue weighted by atomic mass is 10.2. The number of halogens is 1. The maximum atomic E-state index is 11.5. The largest absolute Gasteiger partial charge is 0.468 e. The first-order chi connectivity index (χ1) is 9.06. The second-order valence-electron chi connectivity index (χ2n) is 4.06. The van der Waals surface area contributed by atoms with Crippen LogP contribution in [0.1, 0.15) is 23.7 Å². The van der Waals surface area contributed by atoms with Gasteiger partial charge in [0.15, 0.2) is 0 Å². The van der Waals surface area contributed by atoms with E-state index in [0.29, 0.717) is 22.4 Å². The van der Waals surface area contributed by atoms with E-state index in [1.165, 1.54) is 7.11 Å². The van der Waals surface area contributed by atoms with Crippen LogP contribution in [0.15, 0.2) is 18.2 Å². The molecule has 1 atom stereocenters. The van der Waals surface area contributed by atoms with Crippen LogP contribution in [0.3, 0.4) is 0 Å². The van der Waals surface area contributed by atoms with Crippen LogP contribution in [-0.2, 0) is 16.1 Å². The highest BCUT2D eigenvalue weighted by molar-refractivity contribution is 6.20. The summed E-state index contributed by atoms with van der Waals surface area (Å²) in [6.07, 6.45) is 0. The third kappa shape index (κ3) is 2.54. The predicted octanol–water partition coefficient (Wildman–Crippen LogP) is 2.38. The smallest absolute Gasteiger partial charge is 0.325 e. The van der Waals surface area contributed by atoms with Crippen LogP contribution in [0.5, 0.6) is 0 Å². The van der Waals surface area contributed by atoms with Crippen molar-refractivity contribution >= 4 is 28.6 Å². The van der Waals surface area contributed by atoms with Gasteiger partial charge in [0.1, 0.15) is 12.4 Å². The Bertz CT molecular complexity index is 670. The van der Waals surface area contributed by atoms with E-state index in [1.807, 2.05) is 0 Å². The molecule has 0 spiro atoms. The SMILES string of the molecule is COC(=O)Cn1c(C(C)Cl)nc2ccc(C#N)cc21. The Morgan fingerprint density at radius 2 is 2.37 bits per heavy atom. The number of carbonyl (C=O) groups is 1. The van der Waals surface area contributed by atoms with Gasteiger partial charge in [0.2, 0.25) is 0 Å². The normalized spacial score (nSPS) is 12.1. The number of carbonyl (C=O) groups excluding carboxylic acids is 1. The van der Waals surface area contributed by atoms with Crippen LogP contribution in [-0.4, -0.2) is 22.6 Å². The van der Waals surface area contributed by atoms with E-state index >= 15 is 0 Å². The summed E-state index contributed by atoms with van der Waals surface area (Å²) < 4.78 is 6.35. The van der Waals surface area contributed by atoms with Crippen molar-refractivity contribution in [1.29, 1.82) is 5.26 Å². The molecule has 1 aromatic heterocycles. The molecule has 0 N–H and O–H groups in total. The van der Waals surface area contributed by atoms with Gasteiger partial charge < -0.3 is 9.30 Å². The molecule has 2 aromatic rings. The third-order valence-electron chi connectivity index (χ3n) is 2.78. The zero-order valence-corrected chi connectivity index (χ0v) is 11.3. The topological polar surface area (TPSA) is 67.9 Å². The lowest BCUT2D eigenvalue weighted by molar-refractivity contribution is -0.141. The molecule has 6 heteroatoms. The summed E-state index contributed by atoms with van der Waals surface area (Å²) in [5.74, 6) is 0.192. The number of rotatable bonds is 3. The molecule has 0 saturated carbocycles. The molecular formula is C13H12ClN3O2. The van der Waals surface area contributed by atoms with Crippen LogP contribution in [0.2, 0.25) is 0 Å². The van der Waals surface area contributed by atoms with Crippen molar-refractivity contribution < 1.29 is 9.53 Å². The monoisotopic (exact) mass is 277 g/mol. The van der Waals surface area contributed by atoms with Gasteiger partial charge in [0.05, 0.1) is 35.2 Å². The first-order valence-electron chi connectivity index (χ1n) is 5.68. The molecule has 0 radical (unpaired) electrons. The number of hydrogen-bond acceptors (Lipinski definition) is 4. The van der Waals surface area contributed by atoms with Gasteiger partial charge in [-0.25, -0.2) is 4.98 Å². The summed E-state index contributed by atoms with van der Waals surface area (Å²) in [5.41, 5.74) is 1.91. The minimum Gasteiger partial charge on any atom is -0.468 e. The van der Waals surface area contributed by atoms with Gasteiger partial charge in [0.25, 0.3) is 0 Å². The number of benzene rings is 1. The second kappa shape index (κ2) is 5.29. The summed E-state index contributed by atoms with van der Waals surface area (Å²) in [6, 6.07) is 7.17. The average Bonchev–Trinajstić information content (AvgIpc) is 2.76. The molecule has 0 aliphatic carbocycles. The van der Waals surface area contributed by atoms with E-state index in [4.69, 9.17) is 16.9 Å². The van der Waals surface area contributed by atoms with E-state index in [2.05, 4.69) is 15.8 Å². The van der Waals surface area contributed by atoms with Gasteiger partial charge in [-0.15, -0.1) is 11.6 Å². The number of nitriles is 1. The number of aromatic nitrogens is 2. The van der Waals surface area contributed by atoms with E-state index in [1.54, 1.807) is 29.7 Å². The van der Waals surface area contributed by atoms with Crippen LogP contribution >= 0.6 is 11.6 Å². The zero-order valence-electron chi connectivity index (χ0n) is 10.6. The Balaban J connectivity index is 2.64. The Labute approximate surface area is 115 Å². The molecule has 0 amide bonds. The molecule has 0 fully saturated rings. The molecule has 1 heterocycles. The lowest BCUT2D eigenvalue weighted by Gasteiger charge is -2.08. The number of nitrogens with zero attached hydrogens (tertiary/aromatic N) is 3. The number of fused-ring (bicyclic) bond motifs is 1. The number of imidazole rings is 1. The lowest BCUT2D eigenvalue weighted by Crippen LogP contribution is -2.14. The first-order valence-corrected chi connectivity index (χ1v) is 6.11. The van der Waals surface area contributed by atoms with Gasteiger partial charge in [-0.1, -0.05) is 0 Å². The Kier molecular flexibility index (Phi) is 3.72. The molecular weight excluding hydrogens is 266 g/mol. The summed E-state index contributed by atoms with van der Waals surface area (Å²) in [6.45, 7) is 1.80. The van der Waals surface area contributed by atoms with Gasteiger partial charge in [0, 0.05) is 0 Å². The molecule has 98 valence electrons. The predicted molar refractivity (Wildman–Crippen MR) is 70.7 cm³/mol. The van der Waals surface area contributed by atoms with Crippen molar-refractivity contribution in [1.82, 2.24) is 9.55 Å². The van der Waals surface area contributed by atoms with Gasteiger partial charge in [-0.2, -0.15) is 5.26 Å². The fourth-order valence-corrected chi connectivity index (χ4v) is 2.04. The number of alkyl halides is 1. The standard InChI is InChI=1S/C13H12ClN3O2/c1-8(14)13-16-10-4-3-9(6-15)5-11(10)17(13)7-12(18)19-2/h3-5,8H,7H2,1-2H3. The number of esters is 1. The third-order valence-corrected chi connectivity index (χ3v) is 2.97. The molecule has 5 nitrogen and oxygen atoms in total. The first kappa shape index (κ1) is 13.4. The highest BCUT2D eigenvalue weighted by Crippen LogP contribution is 2.25. The summed E-state index contributed by atoms with van der Waals surface area (Å²) >= 11 is 6.08. The van der Waals surface area contributed by atoms with Crippen molar-refractivity contribution in [2.75, 3.05) is 7.11 Å². The minimum absolute atomic E-state index is 0.0221. The zero-order chi connectivity index (χ0) is 14.0. The van der Waals surface area contributed by atoms with Gasteiger partial charge in [-0.3, -0.25) is 4.79 Å². The summed E-state index contributed by atoms with van der Waals surface area (Å²) in [7, 11) is 1.33. The molecule has 1 unspecified atom stereocenters. The number of methoxy groups -OCH3 is 1. The highest BCUT2D eigenvalue weighted by Gasteiger charge is 2.17. The molecule has 2 rings (SSSR count). The Morgan fingerprint density at radius 1 is 1.63 bits per heavy atom.